The number of rotatable bonds is 6. The Bertz CT molecular complexity index is 1060. The van der Waals surface area contributed by atoms with Crippen LogP contribution in [0, 0.1) is 6.92 Å². The van der Waals surface area contributed by atoms with Crippen molar-refractivity contribution < 1.29 is 9.59 Å². The van der Waals surface area contributed by atoms with Gasteiger partial charge in [-0.3, -0.25) is 24.2 Å². The van der Waals surface area contributed by atoms with Crippen LogP contribution in [0.25, 0.3) is 0 Å². The van der Waals surface area contributed by atoms with E-state index < -0.39 is 11.9 Å². The van der Waals surface area contributed by atoms with Crippen LogP contribution in [-0.4, -0.2) is 37.6 Å². The van der Waals surface area contributed by atoms with Gasteiger partial charge < -0.3 is 5.32 Å². The van der Waals surface area contributed by atoms with Crippen LogP contribution in [-0.2, 0) is 11.8 Å². The first-order chi connectivity index (χ1) is 15.5. The lowest BCUT2D eigenvalue weighted by Gasteiger charge is -2.33. The van der Waals surface area contributed by atoms with Crippen LogP contribution in [0.15, 0.2) is 55.1 Å². The average molecular weight is 433 g/mol. The Balaban J connectivity index is 1.79. The summed E-state index contributed by atoms with van der Waals surface area (Å²) in [5.74, 6) is -0.606. The number of hydrogen-bond donors (Lipinski definition) is 1. The fourth-order valence-corrected chi connectivity index (χ4v) is 4.32. The monoisotopic (exact) mass is 432 g/mol. The number of nitrogens with one attached hydrogen (secondary N) is 1. The molecular formula is C24H28N6O2. The molecule has 0 unspecified atom stereocenters. The van der Waals surface area contributed by atoms with Crippen molar-refractivity contribution in [3.8, 4) is 0 Å². The summed E-state index contributed by atoms with van der Waals surface area (Å²) in [6.45, 7) is 1.85. The van der Waals surface area contributed by atoms with E-state index >= 15 is 0 Å². The highest BCUT2D eigenvalue weighted by molar-refractivity contribution is 6.09. The third kappa shape index (κ3) is 4.69. The minimum atomic E-state index is -0.887. The first-order valence-electron chi connectivity index (χ1n) is 11.0. The lowest BCUT2D eigenvalue weighted by molar-refractivity contribution is -0.123. The molecule has 2 heterocycles. The van der Waals surface area contributed by atoms with E-state index in [9.17, 15) is 9.59 Å². The highest BCUT2D eigenvalue weighted by atomic mass is 16.2. The molecule has 8 nitrogen and oxygen atoms in total. The number of hydrogen-bond acceptors (Lipinski definition) is 5. The smallest absolute Gasteiger partial charge is 0.279 e. The van der Waals surface area contributed by atoms with Crippen LogP contribution >= 0.6 is 0 Å². The molecule has 0 saturated heterocycles. The number of aromatic nitrogens is 4. The summed E-state index contributed by atoms with van der Waals surface area (Å²) in [5.41, 5.74) is 2.16. The fraction of sp³-hybridized carbons (Fsp3) is 0.375. The molecule has 0 bridgehead atoms. The van der Waals surface area contributed by atoms with Gasteiger partial charge in [-0.05, 0) is 31.9 Å². The van der Waals surface area contributed by atoms with Gasteiger partial charge in [0.1, 0.15) is 11.7 Å². The number of anilines is 1. The lowest BCUT2D eigenvalue weighted by atomic mass is 9.94. The van der Waals surface area contributed by atoms with Crippen molar-refractivity contribution in [2.24, 2.45) is 7.05 Å². The first kappa shape index (κ1) is 21.7. The first-order valence-corrected chi connectivity index (χ1v) is 11.0. The van der Waals surface area contributed by atoms with Gasteiger partial charge >= 0.3 is 0 Å². The number of amides is 2. The molecule has 2 aromatic heterocycles. The average Bonchev–Trinajstić information content (AvgIpc) is 3.15. The molecule has 0 spiro atoms. The molecule has 0 radical (unpaired) electrons. The molecule has 166 valence electrons. The summed E-state index contributed by atoms with van der Waals surface area (Å²) < 4.78 is 1.67. The Labute approximate surface area is 187 Å². The Hall–Kier alpha value is -3.55. The van der Waals surface area contributed by atoms with Crippen molar-refractivity contribution in [1.82, 2.24) is 25.1 Å². The topological polar surface area (TPSA) is 93.0 Å². The van der Waals surface area contributed by atoms with Crippen molar-refractivity contribution in [3.63, 3.8) is 0 Å². The van der Waals surface area contributed by atoms with Crippen LogP contribution < -0.4 is 10.2 Å². The summed E-state index contributed by atoms with van der Waals surface area (Å²) in [4.78, 5) is 37.2. The van der Waals surface area contributed by atoms with Gasteiger partial charge in [0.15, 0.2) is 0 Å². The van der Waals surface area contributed by atoms with E-state index in [2.05, 4.69) is 20.4 Å². The highest BCUT2D eigenvalue weighted by Gasteiger charge is 2.37. The van der Waals surface area contributed by atoms with Crippen LogP contribution in [0.4, 0.5) is 5.69 Å². The summed E-state index contributed by atoms with van der Waals surface area (Å²) in [6, 6.07) is 8.43. The van der Waals surface area contributed by atoms with Gasteiger partial charge in [-0.2, -0.15) is 5.10 Å². The zero-order valence-corrected chi connectivity index (χ0v) is 18.4. The highest BCUT2D eigenvalue weighted by Crippen LogP contribution is 2.31. The maximum absolute atomic E-state index is 13.7. The Morgan fingerprint density at radius 3 is 2.50 bits per heavy atom. The number of carbonyl (C=O) groups is 2. The summed E-state index contributed by atoms with van der Waals surface area (Å²) in [6.07, 6.45) is 11.5. The van der Waals surface area contributed by atoms with E-state index in [-0.39, 0.29) is 17.6 Å². The SMILES string of the molecule is Cc1nn(C)cc1[C@@H](C(=O)NC1CCCCC1)N(C(=O)c1cnccn1)c1ccccc1. The van der Waals surface area contributed by atoms with Gasteiger partial charge in [0, 0.05) is 42.9 Å². The minimum absolute atomic E-state index is 0.111. The van der Waals surface area contributed by atoms with Gasteiger partial charge in [-0.15, -0.1) is 0 Å². The molecule has 1 fully saturated rings. The predicted octanol–water partition coefficient (Wildman–Crippen LogP) is 3.36. The van der Waals surface area contributed by atoms with Gasteiger partial charge in [-0.1, -0.05) is 37.5 Å². The molecule has 2 amide bonds. The molecular weight excluding hydrogens is 404 g/mol. The maximum Gasteiger partial charge on any atom is 0.279 e. The van der Waals surface area contributed by atoms with Crippen LogP contribution in [0.3, 0.4) is 0 Å². The lowest BCUT2D eigenvalue weighted by Crippen LogP contribution is -2.47. The van der Waals surface area contributed by atoms with E-state index in [0.29, 0.717) is 16.9 Å². The standard InChI is InChI=1S/C24H28N6O2/c1-17-20(16-29(2)28-17)22(23(31)27-18-9-5-3-6-10-18)30(19-11-7-4-8-12-19)24(32)21-15-25-13-14-26-21/h4,7-8,11-16,18,22H,3,5-6,9-10H2,1-2H3,(H,27,31)/t22-/m0/s1. The van der Waals surface area contributed by atoms with Crippen LogP contribution in [0.1, 0.15) is 59.9 Å². The number of benzene rings is 1. The molecule has 1 aromatic carbocycles. The Kier molecular flexibility index (Phi) is 6.58. The van der Waals surface area contributed by atoms with Crippen LogP contribution in [0.5, 0.6) is 0 Å². The molecule has 0 aliphatic heterocycles. The molecule has 32 heavy (non-hydrogen) atoms. The zero-order valence-electron chi connectivity index (χ0n) is 18.4. The third-order valence-electron chi connectivity index (χ3n) is 5.84. The second-order valence-corrected chi connectivity index (χ2v) is 8.19. The van der Waals surface area contributed by atoms with Gasteiger partial charge in [-0.25, -0.2) is 4.98 Å². The van der Waals surface area contributed by atoms with E-state index in [1.165, 1.54) is 29.9 Å². The maximum atomic E-state index is 13.7. The second kappa shape index (κ2) is 9.72. The molecule has 4 rings (SSSR count). The molecule has 1 N–H and O–H groups in total. The molecule has 3 aromatic rings. The summed E-state index contributed by atoms with van der Waals surface area (Å²) >= 11 is 0. The third-order valence-corrected chi connectivity index (χ3v) is 5.84. The number of carbonyl (C=O) groups excluding carboxylic acids is 2. The van der Waals surface area contributed by atoms with Gasteiger partial charge in [0.25, 0.3) is 5.91 Å². The van der Waals surface area contributed by atoms with Crippen molar-refractivity contribution in [3.05, 3.63) is 72.1 Å². The quantitative estimate of drug-likeness (QED) is 0.645. The van der Waals surface area contributed by atoms with Crippen molar-refractivity contribution in [2.45, 2.75) is 51.1 Å². The number of aryl methyl sites for hydroxylation is 2. The summed E-state index contributed by atoms with van der Waals surface area (Å²) in [5, 5.41) is 7.64. The minimum Gasteiger partial charge on any atom is -0.351 e. The Morgan fingerprint density at radius 1 is 1.12 bits per heavy atom. The number of nitrogens with zero attached hydrogens (tertiary/aromatic N) is 5. The molecule has 1 saturated carbocycles. The van der Waals surface area contributed by atoms with E-state index in [0.717, 1.165) is 25.7 Å². The predicted molar refractivity (Wildman–Crippen MR) is 121 cm³/mol. The van der Waals surface area contributed by atoms with Gasteiger partial charge in [0.2, 0.25) is 5.91 Å². The van der Waals surface area contributed by atoms with Crippen molar-refractivity contribution in [1.29, 1.82) is 0 Å². The normalized spacial score (nSPS) is 15.2. The molecule has 1 aliphatic rings. The van der Waals surface area contributed by atoms with E-state index in [4.69, 9.17) is 0 Å². The van der Waals surface area contributed by atoms with Crippen molar-refractivity contribution >= 4 is 17.5 Å². The summed E-state index contributed by atoms with van der Waals surface area (Å²) in [7, 11) is 1.81. The molecule has 1 aliphatic carbocycles. The van der Waals surface area contributed by atoms with Crippen molar-refractivity contribution in [2.75, 3.05) is 4.90 Å². The number of para-hydroxylation sites is 1. The largest absolute Gasteiger partial charge is 0.351 e. The fourth-order valence-electron chi connectivity index (χ4n) is 4.32. The zero-order chi connectivity index (χ0) is 22.5. The molecule has 1 atom stereocenters. The second-order valence-electron chi connectivity index (χ2n) is 8.19. The van der Waals surface area contributed by atoms with E-state index in [1.54, 1.807) is 10.9 Å². The Morgan fingerprint density at radius 2 is 1.88 bits per heavy atom. The van der Waals surface area contributed by atoms with Crippen LogP contribution in [0.2, 0.25) is 0 Å². The van der Waals surface area contributed by atoms with Gasteiger partial charge in [0.05, 0.1) is 11.9 Å². The van der Waals surface area contributed by atoms with E-state index in [1.807, 2.05) is 44.3 Å². The molecule has 8 heteroatoms.